The van der Waals surface area contributed by atoms with Gasteiger partial charge in [0.15, 0.2) is 11.6 Å². The molecule has 0 atom stereocenters. The molecule has 0 unspecified atom stereocenters. The molecule has 0 amide bonds. The van der Waals surface area contributed by atoms with Gasteiger partial charge in [0.25, 0.3) is 0 Å². The molecule has 0 saturated carbocycles. The fourth-order valence-electron chi connectivity index (χ4n) is 4.79. The molecule has 0 aliphatic heterocycles. The summed E-state index contributed by atoms with van der Waals surface area (Å²) in [5.74, 6) is 1.26. The van der Waals surface area contributed by atoms with Crippen LogP contribution in [-0.4, -0.2) is 15.0 Å². The van der Waals surface area contributed by atoms with Crippen LogP contribution in [-0.2, 0) is 0 Å². The summed E-state index contributed by atoms with van der Waals surface area (Å²) in [5.41, 5.74) is 8.11. The summed E-state index contributed by atoms with van der Waals surface area (Å²) in [4.78, 5) is 14.0. The van der Waals surface area contributed by atoms with Crippen molar-refractivity contribution in [3.63, 3.8) is 0 Å². The molecule has 2 aromatic heterocycles. The van der Waals surface area contributed by atoms with E-state index in [9.17, 15) is 0 Å². The minimum Gasteiger partial charge on any atom is -0.456 e. The predicted molar refractivity (Wildman–Crippen MR) is 149 cm³/mol. The number of rotatable bonds is 4. The van der Waals surface area contributed by atoms with E-state index in [1.165, 1.54) is 0 Å². The number of aromatic nitrogens is 3. The fourth-order valence-corrected chi connectivity index (χ4v) is 4.79. The van der Waals surface area contributed by atoms with E-state index >= 15 is 0 Å². The molecular weight excluding hydrogens is 454 g/mol. The number of hydrogen-bond donors (Lipinski definition) is 0. The number of fused-ring (bicyclic) bond motifs is 3. The van der Waals surface area contributed by atoms with Gasteiger partial charge in [-0.25, -0.2) is 15.0 Å². The van der Waals surface area contributed by atoms with E-state index in [1.807, 2.05) is 42.5 Å². The van der Waals surface area contributed by atoms with Crippen molar-refractivity contribution in [3.05, 3.63) is 128 Å². The summed E-state index contributed by atoms with van der Waals surface area (Å²) in [5, 5.41) is 2.13. The highest BCUT2D eigenvalue weighted by molar-refractivity contribution is 6.06. The molecule has 0 N–H and O–H groups in total. The molecule has 2 heterocycles. The van der Waals surface area contributed by atoms with Crippen LogP contribution in [0.3, 0.4) is 0 Å². The highest BCUT2D eigenvalue weighted by Gasteiger charge is 2.13. The molecule has 4 nitrogen and oxygen atoms in total. The van der Waals surface area contributed by atoms with E-state index in [4.69, 9.17) is 9.40 Å². The second kappa shape index (κ2) is 8.85. The van der Waals surface area contributed by atoms with E-state index in [-0.39, 0.29) is 0 Å². The number of furan rings is 1. The van der Waals surface area contributed by atoms with Gasteiger partial charge in [0, 0.05) is 21.9 Å². The Balaban J connectivity index is 1.36. The van der Waals surface area contributed by atoms with Gasteiger partial charge in [0.1, 0.15) is 17.5 Å². The normalized spacial score (nSPS) is 11.2. The summed E-state index contributed by atoms with van der Waals surface area (Å²) in [6, 6.07) is 41.4. The predicted octanol–water partition coefficient (Wildman–Crippen LogP) is 8.44. The van der Waals surface area contributed by atoms with Crippen LogP contribution in [0.2, 0.25) is 0 Å². The average molecular weight is 476 g/mol. The molecule has 0 bridgehead atoms. The largest absolute Gasteiger partial charge is 0.456 e. The first-order chi connectivity index (χ1) is 18.3. The van der Waals surface area contributed by atoms with Crippen LogP contribution in [0.25, 0.3) is 67.0 Å². The maximum absolute atomic E-state index is 5.99. The second-order valence-electron chi connectivity index (χ2n) is 8.97. The fraction of sp³-hybridized carbons (Fsp3) is 0. The molecule has 0 aliphatic rings. The van der Waals surface area contributed by atoms with Crippen molar-refractivity contribution in [3.8, 4) is 45.0 Å². The molecule has 0 radical (unpaired) electrons. The highest BCUT2D eigenvalue weighted by Crippen LogP contribution is 2.34. The summed E-state index contributed by atoms with van der Waals surface area (Å²) in [6.45, 7) is 0. The standard InChI is InChI=1S/C33H21N3O/c1-3-9-22(10-4-1)25-17-26(23-11-5-2-6-12-23)19-27(18-25)33-35-21-34-32(36-33)24-15-16-31-29(20-24)28-13-7-8-14-30(28)37-31/h1-21H. The molecule has 7 rings (SSSR count). The molecule has 0 aliphatic carbocycles. The van der Waals surface area contributed by atoms with Crippen LogP contribution in [0.4, 0.5) is 0 Å². The summed E-state index contributed by atoms with van der Waals surface area (Å²) >= 11 is 0. The zero-order valence-corrected chi connectivity index (χ0v) is 19.9. The van der Waals surface area contributed by atoms with Crippen molar-refractivity contribution in [2.24, 2.45) is 0 Å². The number of hydrogen-bond acceptors (Lipinski definition) is 4. The van der Waals surface area contributed by atoms with Crippen molar-refractivity contribution in [1.82, 2.24) is 15.0 Å². The van der Waals surface area contributed by atoms with Crippen molar-refractivity contribution in [1.29, 1.82) is 0 Å². The summed E-state index contributed by atoms with van der Waals surface area (Å²) < 4.78 is 5.99. The van der Waals surface area contributed by atoms with Gasteiger partial charge < -0.3 is 4.42 Å². The molecule has 0 fully saturated rings. The lowest BCUT2D eigenvalue weighted by Gasteiger charge is -2.11. The lowest BCUT2D eigenvalue weighted by atomic mass is 9.96. The summed E-state index contributed by atoms with van der Waals surface area (Å²) in [7, 11) is 0. The molecule has 4 heteroatoms. The Morgan fingerprint density at radius 1 is 0.405 bits per heavy atom. The first-order valence-corrected chi connectivity index (χ1v) is 12.2. The maximum atomic E-state index is 5.99. The van der Waals surface area contributed by atoms with Crippen molar-refractivity contribution >= 4 is 21.9 Å². The Morgan fingerprint density at radius 2 is 0.973 bits per heavy atom. The van der Waals surface area contributed by atoms with Crippen molar-refractivity contribution < 1.29 is 4.42 Å². The van der Waals surface area contributed by atoms with Crippen LogP contribution in [0, 0.1) is 0 Å². The van der Waals surface area contributed by atoms with E-state index < -0.39 is 0 Å². The van der Waals surface area contributed by atoms with Gasteiger partial charge in [-0.15, -0.1) is 0 Å². The van der Waals surface area contributed by atoms with Crippen molar-refractivity contribution in [2.75, 3.05) is 0 Å². The smallest absolute Gasteiger partial charge is 0.163 e. The minimum absolute atomic E-state index is 0.628. The lowest BCUT2D eigenvalue weighted by molar-refractivity contribution is 0.669. The first kappa shape index (κ1) is 21.2. The van der Waals surface area contributed by atoms with Crippen LogP contribution < -0.4 is 0 Å². The van der Waals surface area contributed by atoms with E-state index in [1.54, 1.807) is 6.33 Å². The highest BCUT2D eigenvalue weighted by atomic mass is 16.3. The molecule has 5 aromatic carbocycles. The van der Waals surface area contributed by atoms with Gasteiger partial charge in [-0.05, 0) is 64.7 Å². The van der Waals surface area contributed by atoms with Gasteiger partial charge >= 0.3 is 0 Å². The zero-order chi connectivity index (χ0) is 24.6. The third-order valence-corrected chi connectivity index (χ3v) is 6.61. The quantitative estimate of drug-likeness (QED) is 0.256. The molecule has 0 spiro atoms. The van der Waals surface area contributed by atoms with Gasteiger partial charge in [-0.3, -0.25) is 0 Å². The number of benzene rings is 5. The molecule has 7 aromatic rings. The van der Waals surface area contributed by atoms with Crippen molar-refractivity contribution in [2.45, 2.75) is 0 Å². The maximum Gasteiger partial charge on any atom is 0.163 e. The number of nitrogens with zero attached hydrogens (tertiary/aromatic N) is 3. The third kappa shape index (κ3) is 3.95. The Hall–Kier alpha value is -5.09. The Morgan fingerprint density at radius 3 is 1.68 bits per heavy atom. The topological polar surface area (TPSA) is 51.8 Å². The third-order valence-electron chi connectivity index (χ3n) is 6.61. The molecule has 174 valence electrons. The molecule has 37 heavy (non-hydrogen) atoms. The van der Waals surface area contributed by atoms with E-state index in [0.29, 0.717) is 11.6 Å². The van der Waals surface area contributed by atoms with Crippen LogP contribution in [0.1, 0.15) is 0 Å². The van der Waals surface area contributed by atoms with Gasteiger partial charge in [0.2, 0.25) is 0 Å². The first-order valence-electron chi connectivity index (χ1n) is 12.2. The average Bonchev–Trinajstić information content (AvgIpc) is 3.36. The molecule has 0 saturated heterocycles. The van der Waals surface area contributed by atoms with E-state index in [0.717, 1.165) is 55.3 Å². The lowest BCUT2D eigenvalue weighted by Crippen LogP contribution is -1.96. The Kier molecular flexibility index (Phi) is 5.07. The second-order valence-corrected chi connectivity index (χ2v) is 8.97. The summed E-state index contributed by atoms with van der Waals surface area (Å²) in [6.07, 6.45) is 1.59. The van der Waals surface area contributed by atoms with Crippen LogP contribution in [0.15, 0.2) is 132 Å². The molecular formula is C33H21N3O. The monoisotopic (exact) mass is 475 g/mol. The Bertz CT molecular complexity index is 1820. The van der Waals surface area contributed by atoms with Gasteiger partial charge in [-0.2, -0.15) is 0 Å². The minimum atomic E-state index is 0.628. The van der Waals surface area contributed by atoms with Gasteiger partial charge in [-0.1, -0.05) is 78.9 Å². The SMILES string of the molecule is c1ccc(-c2cc(-c3ccccc3)cc(-c3ncnc(-c4ccc5oc6ccccc6c5c4)n3)c2)cc1. The van der Waals surface area contributed by atoms with Crippen LogP contribution in [0.5, 0.6) is 0 Å². The van der Waals surface area contributed by atoms with E-state index in [2.05, 4.69) is 88.8 Å². The van der Waals surface area contributed by atoms with Crippen LogP contribution >= 0.6 is 0 Å². The number of para-hydroxylation sites is 1. The zero-order valence-electron chi connectivity index (χ0n) is 19.9. The van der Waals surface area contributed by atoms with Gasteiger partial charge in [0.05, 0.1) is 0 Å². The Labute approximate surface area is 213 Å².